The maximum Gasteiger partial charge on any atom is 0.463 e. The van der Waals surface area contributed by atoms with Crippen LogP contribution in [0.3, 0.4) is 0 Å². The number of rotatable bonds is 6. The molecule has 0 aliphatic heterocycles. The summed E-state index contributed by atoms with van der Waals surface area (Å²) in [5.74, 6) is 1.84. The summed E-state index contributed by atoms with van der Waals surface area (Å²) >= 11 is 0.605. The first-order chi connectivity index (χ1) is 12.3. The lowest BCUT2D eigenvalue weighted by Crippen LogP contribution is -1.99. The maximum absolute atomic E-state index is 11.9. The fraction of sp³-hybridized carbons (Fsp3) is 0.143. The average Bonchev–Trinajstić information content (AvgIpc) is 2.65. The maximum atomic E-state index is 11.9. The minimum Gasteiger partial charge on any atom is -0.259 e. The van der Waals surface area contributed by atoms with Gasteiger partial charge in [0.1, 0.15) is 0 Å². The molecule has 0 spiro atoms. The molecule has 0 bridgehead atoms. The summed E-state index contributed by atoms with van der Waals surface area (Å²) in [7, 11) is -0.822. The molecule has 0 aliphatic carbocycles. The van der Waals surface area contributed by atoms with E-state index in [0.29, 0.717) is 28.9 Å². The van der Waals surface area contributed by atoms with Crippen LogP contribution in [0.5, 0.6) is 0 Å². The average molecular weight is 370 g/mol. The molecule has 0 fully saturated rings. The Balaban J connectivity index is 0.000000212. The van der Waals surface area contributed by atoms with Gasteiger partial charge in [-0.05, 0) is 11.1 Å². The van der Waals surface area contributed by atoms with E-state index in [1.54, 1.807) is 0 Å². The fourth-order valence-electron chi connectivity index (χ4n) is 2.21. The predicted molar refractivity (Wildman–Crippen MR) is 107 cm³/mol. The molecule has 25 heavy (non-hydrogen) atoms. The Bertz CT molecular complexity index is 716. The zero-order chi connectivity index (χ0) is 17.7. The molecule has 0 N–H and O–H groups in total. The summed E-state index contributed by atoms with van der Waals surface area (Å²) in [6, 6.07) is 29.7. The van der Waals surface area contributed by atoms with Crippen molar-refractivity contribution in [2.45, 2.75) is 17.3 Å². The van der Waals surface area contributed by atoms with Crippen LogP contribution in [-0.4, -0.2) is 4.21 Å². The molecule has 3 aromatic carbocycles. The lowest BCUT2D eigenvalue weighted by molar-refractivity contribution is 0.604. The van der Waals surface area contributed by atoms with Crippen molar-refractivity contribution in [3.05, 3.63) is 108 Å². The van der Waals surface area contributed by atoms with E-state index in [2.05, 4.69) is 0 Å². The van der Waals surface area contributed by atoms with Gasteiger partial charge in [-0.15, -0.1) is 0 Å². The third kappa shape index (κ3) is 7.96. The third-order valence-electron chi connectivity index (χ3n) is 3.41. The van der Waals surface area contributed by atoms with Crippen LogP contribution < -0.4 is 0 Å². The predicted octanol–water partition coefficient (Wildman–Crippen LogP) is 4.75. The van der Waals surface area contributed by atoms with Crippen molar-refractivity contribution in [1.29, 1.82) is 0 Å². The third-order valence-corrected chi connectivity index (χ3v) is 5.17. The second-order valence-corrected chi connectivity index (χ2v) is 7.43. The minimum atomic E-state index is -0.822. The van der Waals surface area contributed by atoms with E-state index < -0.39 is 10.8 Å². The Hall–Kier alpha value is -2.17. The first kappa shape index (κ1) is 19.2. The van der Waals surface area contributed by atoms with Crippen molar-refractivity contribution in [2.24, 2.45) is 0 Å². The van der Waals surface area contributed by atoms with Gasteiger partial charge in [0.25, 0.3) is 5.75 Å². The van der Waals surface area contributed by atoms with Crippen LogP contribution in [0.25, 0.3) is 0 Å². The van der Waals surface area contributed by atoms with Gasteiger partial charge in [-0.3, -0.25) is 4.21 Å². The summed E-state index contributed by atoms with van der Waals surface area (Å²) in [5.41, 5.74) is 3.37. The molecule has 4 heteroatoms. The molecule has 0 atom stereocenters. The molecule has 2 nitrogen and oxygen atoms in total. The molecule has 128 valence electrons. The fourth-order valence-corrected chi connectivity index (χ4v) is 3.77. The highest BCUT2D eigenvalue weighted by Crippen LogP contribution is 2.08. The lowest BCUT2D eigenvalue weighted by atomic mass is 10.2. The van der Waals surface area contributed by atoms with Crippen molar-refractivity contribution < 1.29 is 8.42 Å². The summed E-state index contributed by atoms with van der Waals surface area (Å²) in [4.78, 5) is 0. The van der Waals surface area contributed by atoms with Gasteiger partial charge in [-0.25, -0.2) is 0 Å². The highest BCUT2D eigenvalue weighted by atomic mass is 32.2. The van der Waals surface area contributed by atoms with Crippen LogP contribution in [-0.2, 0) is 43.9 Å². The standard InChI is InChI=1S/C14H14OS.C7H7OS/c15-16(11-13-7-3-1-4-8-13)12-14-9-5-2-6-10-14;8-9-6-7-4-2-1-3-5-7/h1-10H,11-12H2;1-5H,6H2/q;+1. The molecule has 0 heterocycles. The highest BCUT2D eigenvalue weighted by Gasteiger charge is 2.02. The Kier molecular flexibility index (Phi) is 8.73. The van der Waals surface area contributed by atoms with E-state index in [0.717, 1.165) is 16.7 Å². The monoisotopic (exact) mass is 369 g/mol. The van der Waals surface area contributed by atoms with E-state index >= 15 is 0 Å². The van der Waals surface area contributed by atoms with Crippen LogP contribution in [0, 0.1) is 0 Å². The van der Waals surface area contributed by atoms with Crippen molar-refractivity contribution in [3.63, 3.8) is 0 Å². The molecular formula is C21H21O2S2+. The molecule has 3 aromatic rings. The molecule has 0 aliphatic rings. The molecule has 0 saturated carbocycles. The van der Waals surface area contributed by atoms with Crippen LogP contribution in [0.2, 0.25) is 0 Å². The second kappa shape index (κ2) is 11.4. The van der Waals surface area contributed by atoms with Gasteiger partial charge in [0.2, 0.25) is 0 Å². The van der Waals surface area contributed by atoms with Gasteiger partial charge in [-0.2, -0.15) is 0 Å². The van der Waals surface area contributed by atoms with Gasteiger partial charge < -0.3 is 0 Å². The molecule has 0 unspecified atom stereocenters. The molecule has 3 rings (SSSR count). The Morgan fingerprint density at radius 3 is 1.32 bits per heavy atom. The molecular weight excluding hydrogens is 348 g/mol. The topological polar surface area (TPSA) is 34.1 Å². The summed E-state index contributed by atoms with van der Waals surface area (Å²) < 4.78 is 21.9. The van der Waals surface area contributed by atoms with Gasteiger partial charge in [-0.1, -0.05) is 91.0 Å². The van der Waals surface area contributed by atoms with Crippen LogP contribution >= 0.6 is 0 Å². The van der Waals surface area contributed by atoms with Crippen molar-refractivity contribution >= 4 is 22.5 Å². The highest BCUT2D eigenvalue weighted by molar-refractivity contribution is 7.83. The summed E-state index contributed by atoms with van der Waals surface area (Å²) in [6.07, 6.45) is 0. The summed E-state index contributed by atoms with van der Waals surface area (Å²) in [6.45, 7) is 0. The molecule has 0 aromatic heterocycles. The van der Waals surface area contributed by atoms with E-state index in [1.807, 2.05) is 91.0 Å². The van der Waals surface area contributed by atoms with Crippen molar-refractivity contribution in [3.8, 4) is 0 Å². The van der Waals surface area contributed by atoms with Gasteiger partial charge in [0.15, 0.2) is 0 Å². The van der Waals surface area contributed by atoms with E-state index in [4.69, 9.17) is 0 Å². The number of hydrogen-bond acceptors (Lipinski definition) is 2. The normalized spacial score (nSPS) is 9.96. The van der Waals surface area contributed by atoms with E-state index in [-0.39, 0.29) is 0 Å². The number of benzene rings is 3. The zero-order valence-corrected chi connectivity index (χ0v) is 15.5. The van der Waals surface area contributed by atoms with Gasteiger partial charge >= 0.3 is 11.7 Å². The van der Waals surface area contributed by atoms with Crippen molar-refractivity contribution in [1.82, 2.24) is 0 Å². The first-order valence-corrected chi connectivity index (χ1v) is 10.4. The van der Waals surface area contributed by atoms with Crippen LogP contribution in [0.15, 0.2) is 91.0 Å². The molecule has 0 saturated heterocycles. The smallest absolute Gasteiger partial charge is 0.259 e. The Morgan fingerprint density at radius 1 is 0.600 bits per heavy atom. The van der Waals surface area contributed by atoms with Gasteiger partial charge in [0.05, 0.1) is 0 Å². The first-order valence-electron chi connectivity index (χ1n) is 7.99. The molecule has 0 radical (unpaired) electrons. The largest absolute Gasteiger partial charge is 0.463 e. The second-order valence-electron chi connectivity index (χ2n) is 5.45. The minimum absolute atomic E-state index is 0.570. The van der Waals surface area contributed by atoms with E-state index in [9.17, 15) is 8.42 Å². The zero-order valence-electron chi connectivity index (χ0n) is 13.9. The van der Waals surface area contributed by atoms with Gasteiger partial charge in [0, 0.05) is 32.1 Å². The summed E-state index contributed by atoms with van der Waals surface area (Å²) in [5, 5.41) is 0. The van der Waals surface area contributed by atoms with E-state index in [1.165, 1.54) is 0 Å². The van der Waals surface area contributed by atoms with Crippen LogP contribution in [0.4, 0.5) is 0 Å². The Labute approximate surface area is 155 Å². The lowest BCUT2D eigenvalue weighted by Gasteiger charge is -2.02. The SMILES string of the molecule is O=S(Cc1ccccc1)Cc1ccccc1.O=[S+]Cc1ccccc1. The Morgan fingerprint density at radius 2 is 0.960 bits per heavy atom. The van der Waals surface area contributed by atoms with Crippen molar-refractivity contribution in [2.75, 3.05) is 0 Å². The number of hydrogen-bond donors (Lipinski definition) is 0. The van der Waals surface area contributed by atoms with Crippen LogP contribution in [0.1, 0.15) is 16.7 Å². The molecule has 0 amide bonds. The quantitative estimate of drug-likeness (QED) is 0.588.